The third kappa shape index (κ3) is 1.28. The first-order valence-electron chi connectivity index (χ1n) is 4.32. The van der Waals surface area contributed by atoms with Crippen LogP contribution in [0.2, 0.25) is 0 Å². The zero-order valence-electron chi connectivity index (χ0n) is 7.31. The van der Waals surface area contributed by atoms with Gasteiger partial charge in [0.1, 0.15) is 0 Å². The first-order chi connectivity index (χ1) is 6.93. The van der Waals surface area contributed by atoms with Gasteiger partial charge in [-0.25, -0.2) is 9.97 Å². The van der Waals surface area contributed by atoms with Crippen molar-refractivity contribution in [3.8, 4) is 0 Å². The van der Waals surface area contributed by atoms with Crippen molar-refractivity contribution in [2.75, 3.05) is 0 Å². The van der Waals surface area contributed by atoms with Crippen LogP contribution in [0.3, 0.4) is 0 Å². The maximum Gasteiger partial charge on any atom is 0.0951 e. The zero-order chi connectivity index (χ0) is 9.38. The average Bonchev–Trinajstić information content (AvgIpc) is 2.26. The van der Waals surface area contributed by atoms with Crippen molar-refractivity contribution in [1.82, 2.24) is 9.97 Å². The van der Waals surface area contributed by atoms with Crippen LogP contribution in [0.25, 0.3) is 17.1 Å². The largest absolute Gasteiger partial charge is 0.244 e. The van der Waals surface area contributed by atoms with Gasteiger partial charge >= 0.3 is 0 Å². The van der Waals surface area contributed by atoms with E-state index in [9.17, 15) is 0 Å². The summed E-state index contributed by atoms with van der Waals surface area (Å²) in [5, 5.41) is 0. The van der Waals surface area contributed by atoms with Gasteiger partial charge in [0.2, 0.25) is 0 Å². The Morgan fingerprint density at radius 1 is 0.929 bits per heavy atom. The molecule has 3 heteroatoms. The maximum absolute atomic E-state index is 4.57. The maximum atomic E-state index is 4.57. The minimum Gasteiger partial charge on any atom is -0.244 e. The molecule has 2 heterocycles. The summed E-state index contributed by atoms with van der Waals surface area (Å²) in [6.07, 6.45) is 2.09. The number of benzene rings is 1. The van der Waals surface area contributed by atoms with E-state index in [4.69, 9.17) is 0 Å². The lowest BCUT2D eigenvalue weighted by Crippen LogP contribution is -1.97. The number of aromatic nitrogens is 2. The molecule has 0 saturated heterocycles. The molecule has 0 radical (unpaired) electrons. The van der Waals surface area contributed by atoms with Crippen LogP contribution in [0.15, 0.2) is 28.3 Å². The lowest BCUT2D eigenvalue weighted by molar-refractivity contribution is 1.25. The molecule has 1 aliphatic heterocycles. The van der Waals surface area contributed by atoms with Crippen LogP contribution in [0.5, 0.6) is 0 Å². The number of hydrogen-bond donors (Lipinski definition) is 0. The molecule has 0 fully saturated rings. The van der Waals surface area contributed by atoms with Crippen LogP contribution in [0.1, 0.15) is 11.4 Å². The topological polar surface area (TPSA) is 25.8 Å². The summed E-state index contributed by atoms with van der Waals surface area (Å²) in [5.74, 6) is 0. The number of rotatable bonds is 0. The lowest BCUT2D eigenvalue weighted by atomic mass is 10.2. The number of nitrogens with zero attached hydrogens (tertiary/aromatic N) is 2. The van der Waals surface area contributed by atoms with Crippen LogP contribution >= 0.6 is 20.7 Å². The molecule has 0 unspecified atom stereocenters. The lowest BCUT2D eigenvalue weighted by Gasteiger charge is -2.04. The highest BCUT2D eigenvalue weighted by Crippen LogP contribution is 2.18. The van der Waals surface area contributed by atoms with Crippen LogP contribution < -0.4 is 0 Å². The van der Waals surface area contributed by atoms with E-state index in [1.54, 1.807) is 0 Å². The molecule has 2 aromatic rings. The molecule has 0 saturated carbocycles. The fraction of sp³-hybridized carbons (Fsp3) is 0. The summed E-state index contributed by atoms with van der Waals surface area (Å²) >= 11 is 0.0611. The number of fused-ring (bicyclic) bond motifs is 2. The molecule has 1 aromatic heterocycles. The molecular formula is C11H7IN2. The van der Waals surface area contributed by atoms with Crippen molar-refractivity contribution in [3.05, 3.63) is 39.7 Å². The molecule has 0 spiro atoms. The van der Waals surface area contributed by atoms with Crippen molar-refractivity contribution in [3.63, 3.8) is 0 Å². The predicted octanol–water partition coefficient (Wildman–Crippen LogP) is 2.74. The fourth-order valence-corrected chi connectivity index (χ4v) is 2.98. The van der Waals surface area contributed by atoms with Crippen LogP contribution in [-0.2, 0) is 0 Å². The molecule has 3 rings (SSSR count). The van der Waals surface area contributed by atoms with Crippen molar-refractivity contribution in [2.24, 2.45) is 0 Å². The SMILES string of the molecule is C1=Cc2nc3ccccc3nc2C=I1. The zero-order valence-corrected chi connectivity index (χ0v) is 9.47. The number of halogens is 1. The second kappa shape index (κ2) is 3.24. The minimum atomic E-state index is 0.0611. The highest BCUT2D eigenvalue weighted by Gasteiger charge is 2.05. The summed E-state index contributed by atoms with van der Waals surface area (Å²) in [5.41, 5.74) is 4.03. The van der Waals surface area contributed by atoms with Crippen LogP contribution in [0.4, 0.5) is 0 Å². The van der Waals surface area contributed by atoms with E-state index >= 15 is 0 Å². The second-order valence-electron chi connectivity index (χ2n) is 3.01. The van der Waals surface area contributed by atoms with E-state index in [2.05, 4.69) is 24.1 Å². The predicted molar refractivity (Wildman–Crippen MR) is 67.8 cm³/mol. The normalized spacial score (nSPS) is 13.7. The van der Waals surface area contributed by atoms with Gasteiger partial charge in [-0.3, -0.25) is 0 Å². The highest BCUT2D eigenvalue weighted by molar-refractivity contribution is 14.2. The fourth-order valence-electron chi connectivity index (χ4n) is 1.42. The first-order valence-corrected chi connectivity index (χ1v) is 6.81. The van der Waals surface area contributed by atoms with Crippen molar-refractivity contribution >= 4 is 41.9 Å². The molecule has 68 valence electrons. The summed E-state index contributed by atoms with van der Waals surface area (Å²) in [4.78, 5) is 9.13. The molecule has 1 aliphatic rings. The Morgan fingerprint density at radius 3 is 2.43 bits per heavy atom. The average molecular weight is 294 g/mol. The van der Waals surface area contributed by atoms with Crippen LogP contribution in [0, 0.1) is 0 Å². The van der Waals surface area contributed by atoms with E-state index in [1.165, 1.54) is 0 Å². The van der Waals surface area contributed by atoms with E-state index in [1.807, 2.05) is 24.3 Å². The van der Waals surface area contributed by atoms with Gasteiger partial charge < -0.3 is 0 Å². The Hall–Kier alpha value is -1.10. The molecule has 0 bridgehead atoms. The van der Waals surface area contributed by atoms with Crippen molar-refractivity contribution < 1.29 is 0 Å². The second-order valence-corrected chi connectivity index (χ2v) is 5.07. The molecule has 0 N–H and O–H groups in total. The summed E-state index contributed by atoms with van der Waals surface area (Å²) in [6.45, 7) is 0. The number of hydrogen-bond acceptors (Lipinski definition) is 2. The van der Waals surface area contributed by atoms with Gasteiger partial charge in [0, 0.05) is 0 Å². The molecule has 2 nitrogen and oxygen atoms in total. The van der Waals surface area contributed by atoms with E-state index in [0.29, 0.717) is 0 Å². The van der Waals surface area contributed by atoms with Crippen LogP contribution in [-0.4, -0.2) is 14.0 Å². The third-order valence-corrected chi connectivity index (χ3v) is 3.81. The van der Waals surface area contributed by atoms with E-state index in [0.717, 1.165) is 22.4 Å². The Kier molecular flexibility index (Phi) is 1.90. The third-order valence-electron chi connectivity index (χ3n) is 2.09. The Balaban J connectivity index is 2.40. The molecular weight excluding hydrogens is 287 g/mol. The molecule has 0 amide bonds. The number of para-hydroxylation sites is 2. The van der Waals surface area contributed by atoms with Crippen molar-refractivity contribution in [1.29, 1.82) is 0 Å². The van der Waals surface area contributed by atoms with Gasteiger partial charge in [-0.1, -0.05) is 32.9 Å². The quantitative estimate of drug-likeness (QED) is 0.698. The van der Waals surface area contributed by atoms with Gasteiger partial charge in [-0.15, -0.1) is 0 Å². The first kappa shape index (κ1) is 8.23. The smallest absolute Gasteiger partial charge is 0.0951 e. The monoisotopic (exact) mass is 294 g/mol. The van der Waals surface area contributed by atoms with Crippen molar-refractivity contribution in [2.45, 2.75) is 0 Å². The summed E-state index contributed by atoms with van der Waals surface area (Å²) in [7, 11) is 0. The van der Waals surface area contributed by atoms with Gasteiger partial charge in [-0.2, -0.15) is 0 Å². The van der Waals surface area contributed by atoms with E-state index < -0.39 is 0 Å². The molecule has 14 heavy (non-hydrogen) atoms. The standard InChI is InChI=1S/C11H7IN2/c1-2-4-9-8(3-1)13-10-5-6-12-7-11(10)14-9/h1-7H. The Bertz CT molecular complexity index is 508. The van der Waals surface area contributed by atoms with Gasteiger partial charge in [0.05, 0.1) is 22.4 Å². The minimum absolute atomic E-state index is 0.0611. The molecule has 1 aromatic carbocycles. The van der Waals surface area contributed by atoms with E-state index in [-0.39, 0.29) is 20.7 Å². The van der Waals surface area contributed by atoms with Gasteiger partial charge in [0.15, 0.2) is 0 Å². The van der Waals surface area contributed by atoms with Gasteiger partial charge in [0.25, 0.3) is 0 Å². The summed E-state index contributed by atoms with van der Waals surface area (Å²) in [6, 6.07) is 8.00. The molecule has 0 atom stereocenters. The highest BCUT2D eigenvalue weighted by atomic mass is 127. The van der Waals surface area contributed by atoms with Gasteiger partial charge in [-0.05, 0) is 26.3 Å². The Labute approximate surface area is 91.4 Å². The summed E-state index contributed by atoms with van der Waals surface area (Å²) < 4.78 is 4.43. The molecule has 0 aliphatic carbocycles. The Morgan fingerprint density at radius 2 is 1.64 bits per heavy atom.